The molecule has 1 aliphatic heterocycles. The first-order chi connectivity index (χ1) is 9.15. The predicted molar refractivity (Wildman–Crippen MR) is 74.6 cm³/mol. The minimum absolute atomic E-state index is 0.269. The Labute approximate surface area is 119 Å². The zero-order chi connectivity index (χ0) is 13.4. The van der Waals surface area contributed by atoms with Crippen molar-refractivity contribution in [1.29, 1.82) is 0 Å². The van der Waals surface area contributed by atoms with Crippen LogP contribution < -0.4 is 10.5 Å². The highest BCUT2D eigenvalue weighted by atomic mass is 35.5. The van der Waals surface area contributed by atoms with E-state index in [2.05, 4.69) is 15.0 Å². The Balaban J connectivity index is 2.10. The number of nitrogens with zero attached hydrogens (tertiary/aromatic N) is 3. The van der Waals surface area contributed by atoms with Gasteiger partial charge in [-0.3, -0.25) is 0 Å². The molecule has 5 nitrogen and oxygen atoms in total. The third-order valence-electron chi connectivity index (χ3n) is 2.65. The van der Waals surface area contributed by atoms with Gasteiger partial charge >= 0.3 is 0 Å². The Morgan fingerprint density at radius 1 is 1.21 bits per heavy atom. The van der Waals surface area contributed by atoms with Crippen molar-refractivity contribution in [3.8, 4) is 5.88 Å². The Bertz CT molecular complexity index is 687. The third kappa shape index (κ3) is 2.22. The third-order valence-corrected chi connectivity index (χ3v) is 3.20. The first-order valence-corrected chi connectivity index (χ1v) is 6.17. The molecule has 0 spiro atoms. The zero-order valence-corrected chi connectivity index (χ0v) is 11.1. The van der Waals surface area contributed by atoms with Crippen LogP contribution in [0.3, 0.4) is 0 Å². The molecule has 0 saturated carbocycles. The monoisotopic (exact) mass is 294 g/mol. The van der Waals surface area contributed by atoms with E-state index in [0.717, 1.165) is 5.56 Å². The fourth-order valence-corrected chi connectivity index (χ4v) is 2.27. The minimum atomic E-state index is 0.269. The molecule has 0 atom stereocenters. The van der Waals surface area contributed by atoms with Crippen molar-refractivity contribution in [3.63, 3.8) is 0 Å². The molecule has 1 aliphatic rings. The molecular formula is C12H8Cl2N4O. The molecule has 2 heterocycles. The van der Waals surface area contributed by atoms with Crippen molar-refractivity contribution in [2.75, 3.05) is 12.3 Å². The van der Waals surface area contributed by atoms with Gasteiger partial charge in [0, 0.05) is 10.6 Å². The molecule has 0 fully saturated rings. The second-order valence-corrected chi connectivity index (χ2v) is 4.73. The van der Waals surface area contributed by atoms with E-state index in [1.165, 1.54) is 6.33 Å². The summed E-state index contributed by atoms with van der Waals surface area (Å²) in [5, 5.41) is 1.07. The summed E-state index contributed by atoms with van der Waals surface area (Å²) in [6, 6.07) is 5.19. The van der Waals surface area contributed by atoms with E-state index >= 15 is 0 Å². The fraction of sp³-hybridized carbons (Fsp3) is 0.0833. The molecule has 0 unspecified atom stereocenters. The van der Waals surface area contributed by atoms with Crippen LogP contribution in [0.5, 0.6) is 5.88 Å². The average molecular weight is 295 g/mol. The van der Waals surface area contributed by atoms with Gasteiger partial charge in [-0.1, -0.05) is 29.3 Å². The SMILES string of the molecule is Nc1ncnc2c1N=C(c1ccc(Cl)cc1Cl)CO2. The smallest absolute Gasteiger partial charge is 0.245 e. The molecule has 1 aromatic heterocycles. The molecule has 96 valence electrons. The van der Waals surface area contributed by atoms with Crippen LogP contribution in [0.4, 0.5) is 11.5 Å². The number of aromatic nitrogens is 2. The van der Waals surface area contributed by atoms with Crippen molar-refractivity contribution < 1.29 is 4.74 Å². The highest BCUT2D eigenvalue weighted by molar-refractivity contribution is 6.37. The van der Waals surface area contributed by atoms with Crippen LogP contribution in [-0.4, -0.2) is 22.3 Å². The second kappa shape index (κ2) is 4.68. The molecule has 19 heavy (non-hydrogen) atoms. The summed E-state index contributed by atoms with van der Waals surface area (Å²) < 4.78 is 5.50. The maximum Gasteiger partial charge on any atom is 0.245 e. The van der Waals surface area contributed by atoms with Crippen LogP contribution in [0, 0.1) is 0 Å². The summed E-state index contributed by atoms with van der Waals surface area (Å²) in [5.74, 6) is 0.647. The molecule has 1 aromatic carbocycles. The molecule has 0 aliphatic carbocycles. The number of hydrogen-bond donors (Lipinski definition) is 1. The lowest BCUT2D eigenvalue weighted by atomic mass is 10.1. The number of ether oxygens (including phenoxy) is 1. The number of benzene rings is 1. The molecule has 7 heteroatoms. The van der Waals surface area contributed by atoms with Crippen LogP contribution in [0.2, 0.25) is 10.0 Å². The van der Waals surface area contributed by atoms with Crippen LogP contribution in [0.15, 0.2) is 29.5 Å². The van der Waals surface area contributed by atoms with Gasteiger partial charge in [0.25, 0.3) is 0 Å². The molecule has 0 amide bonds. The highest BCUT2D eigenvalue weighted by Gasteiger charge is 2.20. The van der Waals surface area contributed by atoms with Crippen molar-refractivity contribution in [2.45, 2.75) is 0 Å². The zero-order valence-electron chi connectivity index (χ0n) is 9.60. The Hall–Kier alpha value is -1.85. The van der Waals surface area contributed by atoms with Gasteiger partial charge in [0.1, 0.15) is 12.9 Å². The van der Waals surface area contributed by atoms with Crippen molar-refractivity contribution >= 4 is 40.4 Å². The summed E-state index contributed by atoms with van der Waals surface area (Å²) >= 11 is 12.0. The van der Waals surface area contributed by atoms with Crippen LogP contribution in [-0.2, 0) is 0 Å². The van der Waals surface area contributed by atoms with Gasteiger partial charge in [0.2, 0.25) is 5.88 Å². The van der Waals surface area contributed by atoms with E-state index in [1.807, 2.05) is 0 Å². The van der Waals surface area contributed by atoms with Gasteiger partial charge in [-0.25, -0.2) is 9.98 Å². The van der Waals surface area contributed by atoms with Crippen LogP contribution >= 0.6 is 23.2 Å². The first-order valence-electron chi connectivity index (χ1n) is 5.41. The van der Waals surface area contributed by atoms with E-state index < -0.39 is 0 Å². The first kappa shape index (κ1) is 12.2. The molecule has 0 saturated heterocycles. The van der Waals surface area contributed by atoms with E-state index in [4.69, 9.17) is 33.7 Å². The number of hydrogen-bond acceptors (Lipinski definition) is 5. The van der Waals surface area contributed by atoms with E-state index in [9.17, 15) is 0 Å². The molecule has 0 bridgehead atoms. The fourth-order valence-electron chi connectivity index (χ4n) is 1.75. The van der Waals surface area contributed by atoms with Crippen molar-refractivity contribution in [3.05, 3.63) is 40.1 Å². The summed E-state index contributed by atoms with van der Waals surface area (Å²) in [5.41, 5.74) is 7.59. The largest absolute Gasteiger partial charge is 0.469 e. The Morgan fingerprint density at radius 3 is 2.84 bits per heavy atom. The maximum absolute atomic E-state index is 6.15. The number of aliphatic imine (C=N–C) groups is 1. The highest BCUT2D eigenvalue weighted by Crippen LogP contribution is 2.34. The lowest BCUT2D eigenvalue weighted by Gasteiger charge is -2.17. The van der Waals surface area contributed by atoms with Crippen molar-refractivity contribution in [2.24, 2.45) is 4.99 Å². The minimum Gasteiger partial charge on any atom is -0.469 e. The predicted octanol–water partition coefficient (Wildman–Crippen LogP) is 2.88. The van der Waals surface area contributed by atoms with E-state index in [-0.39, 0.29) is 12.4 Å². The van der Waals surface area contributed by atoms with Gasteiger partial charge in [0.15, 0.2) is 11.5 Å². The number of nitrogen functional groups attached to an aromatic ring is 1. The number of fused-ring (bicyclic) bond motifs is 1. The number of rotatable bonds is 1. The normalized spacial score (nSPS) is 13.5. The maximum atomic E-state index is 6.15. The van der Waals surface area contributed by atoms with Gasteiger partial charge in [0.05, 0.1) is 10.7 Å². The van der Waals surface area contributed by atoms with Crippen molar-refractivity contribution in [1.82, 2.24) is 9.97 Å². The lowest BCUT2D eigenvalue weighted by molar-refractivity contribution is 0.357. The Morgan fingerprint density at radius 2 is 2.05 bits per heavy atom. The van der Waals surface area contributed by atoms with Gasteiger partial charge in [-0.05, 0) is 12.1 Å². The summed E-state index contributed by atoms with van der Waals surface area (Å²) in [6.07, 6.45) is 1.34. The number of anilines is 1. The summed E-state index contributed by atoms with van der Waals surface area (Å²) in [7, 11) is 0. The van der Waals surface area contributed by atoms with Gasteiger partial charge in [-0.2, -0.15) is 4.98 Å². The average Bonchev–Trinajstić information content (AvgIpc) is 2.39. The summed E-state index contributed by atoms with van der Waals surface area (Å²) in [6.45, 7) is 0.269. The van der Waals surface area contributed by atoms with E-state index in [1.54, 1.807) is 18.2 Å². The molecular weight excluding hydrogens is 287 g/mol. The van der Waals surface area contributed by atoms with Gasteiger partial charge < -0.3 is 10.5 Å². The van der Waals surface area contributed by atoms with Gasteiger partial charge in [-0.15, -0.1) is 0 Å². The van der Waals surface area contributed by atoms with E-state index in [0.29, 0.717) is 27.3 Å². The molecule has 3 rings (SSSR count). The number of nitrogens with two attached hydrogens (primary N) is 1. The molecule has 0 radical (unpaired) electrons. The number of halogens is 2. The Kier molecular flexibility index (Phi) is 3.00. The lowest BCUT2D eigenvalue weighted by Crippen LogP contribution is -2.18. The standard InChI is InChI=1S/C12H8Cl2N4O/c13-6-1-2-7(8(14)3-6)9-4-19-12-10(18-9)11(15)16-5-17-12/h1-3,5H,4H2,(H2,15,16,17). The topological polar surface area (TPSA) is 73.4 Å². The molecule has 2 N–H and O–H groups in total. The van der Waals surface area contributed by atoms with Crippen LogP contribution in [0.1, 0.15) is 5.56 Å². The second-order valence-electron chi connectivity index (χ2n) is 3.88. The quantitative estimate of drug-likeness (QED) is 0.878. The van der Waals surface area contributed by atoms with Crippen LogP contribution in [0.25, 0.3) is 0 Å². The summed E-state index contributed by atoms with van der Waals surface area (Å²) in [4.78, 5) is 12.3. The molecule has 2 aromatic rings.